The van der Waals surface area contributed by atoms with E-state index in [2.05, 4.69) is 31.7 Å². The van der Waals surface area contributed by atoms with Crippen molar-refractivity contribution in [2.24, 2.45) is 0 Å². The van der Waals surface area contributed by atoms with Crippen molar-refractivity contribution in [1.82, 2.24) is 31.1 Å². The maximum absolute atomic E-state index is 12.4. The molecule has 0 aliphatic carbocycles. The summed E-state index contributed by atoms with van der Waals surface area (Å²) in [4.78, 5) is 33.6. The summed E-state index contributed by atoms with van der Waals surface area (Å²) in [5.74, 6) is 0.752. The maximum Gasteiger partial charge on any atom is 0.341 e. The summed E-state index contributed by atoms with van der Waals surface area (Å²) in [6.45, 7) is 2.12. The maximum atomic E-state index is 12.4. The summed E-state index contributed by atoms with van der Waals surface area (Å²) >= 11 is 5.85. The van der Waals surface area contributed by atoms with Crippen LogP contribution in [0.15, 0.2) is 60.9 Å². The minimum atomic E-state index is -0.636. The fourth-order valence-electron chi connectivity index (χ4n) is 2.63. The number of halogens is 1. The normalized spacial score (nSPS) is 10.0. The van der Waals surface area contributed by atoms with Crippen molar-refractivity contribution < 1.29 is 14.3 Å². The van der Waals surface area contributed by atoms with E-state index in [-0.39, 0.29) is 24.7 Å². The highest BCUT2D eigenvalue weighted by molar-refractivity contribution is 6.30. The Morgan fingerprint density at radius 3 is 2.41 bits per heavy atom. The Balaban J connectivity index is 1.43. The molecular weight excluding hydrogens is 460 g/mol. The van der Waals surface area contributed by atoms with Gasteiger partial charge in [0.25, 0.3) is 0 Å². The fourth-order valence-corrected chi connectivity index (χ4v) is 2.76. The van der Waals surface area contributed by atoms with Gasteiger partial charge >= 0.3 is 12.1 Å². The third kappa shape index (κ3) is 7.06. The molecule has 0 radical (unpaired) electrons. The molecule has 0 aliphatic heterocycles. The van der Waals surface area contributed by atoms with Crippen LogP contribution in [0.4, 0.5) is 15.3 Å². The number of imide groups is 1. The number of nitriles is 1. The third-order valence-corrected chi connectivity index (χ3v) is 4.61. The molecule has 4 amide bonds. The van der Waals surface area contributed by atoms with Gasteiger partial charge in [-0.3, -0.25) is 5.43 Å². The van der Waals surface area contributed by atoms with Gasteiger partial charge in [0.1, 0.15) is 11.8 Å². The number of nitrogens with one attached hydrogen (secondary N) is 4. The second-order valence-electron chi connectivity index (χ2n) is 6.69. The molecule has 1 heterocycles. The summed E-state index contributed by atoms with van der Waals surface area (Å²) < 4.78 is 5.55. The Hall–Kier alpha value is -4.40. The molecule has 0 atom stereocenters. The molecule has 34 heavy (non-hydrogen) atoms. The van der Waals surface area contributed by atoms with Gasteiger partial charge in [0, 0.05) is 18.1 Å². The smallest absolute Gasteiger partial charge is 0.341 e. The van der Waals surface area contributed by atoms with E-state index >= 15 is 0 Å². The van der Waals surface area contributed by atoms with E-state index in [1.165, 1.54) is 12.4 Å². The molecule has 2 aromatic carbocycles. The zero-order valence-electron chi connectivity index (χ0n) is 18.1. The zero-order chi connectivity index (χ0) is 24.3. The van der Waals surface area contributed by atoms with E-state index in [9.17, 15) is 9.59 Å². The van der Waals surface area contributed by atoms with Crippen molar-refractivity contribution in [3.63, 3.8) is 0 Å². The molecule has 3 rings (SSSR count). The Kier molecular flexibility index (Phi) is 8.56. The van der Waals surface area contributed by atoms with Gasteiger partial charge in [-0.25, -0.2) is 24.5 Å². The average molecular weight is 481 g/mol. The zero-order valence-corrected chi connectivity index (χ0v) is 18.8. The van der Waals surface area contributed by atoms with Gasteiger partial charge in [-0.2, -0.15) is 5.26 Å². The standard InChI is InChI=1S/C22H21ClN8O3/c1-2-31(21(32)27-12-15-3-5-16(23)6-4-15)22(33)29-30-28-17-7-9-19(10-8-17)34-20-14-25-18(11-24)13-26-20/h3-10,13-14,28,30H,2,12H2,1H3,(H,27,32)(H,29,33). The molecule has 0 spiro atoms. The number of rotatable bonds is 8. The number of hydrogen-bond acceptors (Lipinski definition) is 8. The number of carbonyl (C=O) groups excluding carboxylic acids is 2. The van der Waals surface area contributed by atoms with Gasteiger partial charge in [0.15, 0.2) is 5.69 Å². The molecule has 1 aromatic heterocycles. The Morgan fingerprint density at radius 1 is 1.06 bits per heavy atom. The van der Waals surface area contributed by atoms with Crippen LogP contribution in [0.2, 0.25) is 5.02 Å². The summed E-state index contributed by atoms with van der Waals surface area (Å²) in [5, 5.41) is 12.0. The number of anilines is 1. The van der Waals surface area contributed by atoms with E-state index in [1.54, 1.807) is 55.5 Å². The van der Waals surface area contributed by atoms with E-state index in [0.717, 1.165) is 10.5 Å². The average Bonchev–Trinajstić information content (AvgIpc) is 2.85. The van der Waals surface area contributed by atoms with E-state index in [4.69, 9.17) is 21.6 Å². The van der Waals surface area contributed by atoms with Crippen LogP contribution in [0.3, 0.4) is 0 Å². The topological polar surface area (TPSA) is 144 Å². The van der Waals surface area contributed by atoms with Gasteiger partial charge in [-0.15, -0.1) is 5.53 Å². The fraction of sp³-hybridized carbons (Fsp3) is 0.136. The number of urea groups is 2. The quantitative estimate of drug-likeness (QED) is 0.358. The number of hydrogen-bond donors (Lipinski definition) is 4. The number of nitrogens with zero attached hydrogens (tertiary/aromatic N) is 4. The molecule has 4 N–H and O–H groups in total. The molecule has 0 unspecified atom stereocenters. The number of aromatic nitrogens is 2. The molecule has 3 aromatic rings. The van der Waals surface area contributed by atoms with Crippen molar-refractivity contribution >= 4 is 29.4 Å². The first-order valence-electron chi connectivity index (χ1n) is 10.1. The van der Waals surface area contributed by atoms with Gasteiger partial charge < -0.3 is 15.5 Å². The first kappa shape index (κ1) is 24.2. The predicted molar refractivity (Wildman–Crippen MR) is 125 cm³/mol. The molecule has 174 valence electrons. The van der Waals surface area contributed by atoms with Crippen LogP contribution in [0.25, 0.3) is 0 Å². The minimum Gasteiger partial charge on any atom is -0.438 e. The third-order valence-electron chi connectivity index (χ3n) is 4.36. The van der Waals surface area contributed by atoms with Gasteiger partial charge in [-0.05, 0) is 48.9 Å². The predicted octanol–water partition coefficient (Wildman–Crippen LogP) is 3.57. The Bertz CT molecular complexity index is 1150. The van der Waals surface area contributed by atoms with Crippen LogP contribution in [0, 0.1) is 11.3 Å². The highest BCUT2D eigenvalue weighted by Crippen LogP contribution is 2.20. The van der Waals surface area contributed by atoms with Crippen LogP contribution < -0.4 is 26.4 Å². The van der Waals surface area contributed by atoms with Crippen LogP contribution in [-0.4, -0.2) is 33.5 Å². The van der Waals surface area contributed by atoms with E-state index < -0.39 is 12.1 Å². The lowest BCUT2D eigenvalue weighted by Crippen LogP contribution is -2.53. The summed E-state index contributed by atoms with van der Waals surface area (Å²) in [7, 11) is 0. The molecular formula is C22H21ClN8O3. The summed E-state index contributed by atoms with van der Waals surface area (Å²) in [5.41, 5.74) is 9.42. The molecule has 0 saturated heterocycles. The number of hydrazine groups is 2. The summed E-state index contributed by atoms with van der Waals surface area (Å²) in [6, 6.07) is 14.5. The SMILES string of the molecule is CCN(C(=O)NCc1ccc(Cl)cc1)C(=O)NNNc1ccc(Oc2cnc(C#N)cn2)cc1. The van der Waals surface area contributed by atoms with E-state index in [0.29, 0.717) is 16.5 Å². The lowest BCUT2D eigenvalue weighted by molar-refractivity contribution is 0.185. The highest BCUT2D eigenvalue weighted by Gasteiger charge is 2.19. The second kappa shape index (κ2) is 12.0. The van der Waals surface area contributed by atoms with Crippen LogP contribution in [0.5, 0.6) is 11.6 Å². The molecule has 11 nitrogen and oxygen atoms in total. The van der Waals surface area contributed by atoms with Crippen LogP contribution >= 0.6 is 11.6 Å². The van der Waals surface area contributed by atoms with E-state index in [1.807, 2.05) is 6.07 Å². The monoisotopic (exact) mass is 480 g/mol. The van der Waals surface area contributed by atoms with Crippen molar-refractivity contribution in [2.45, 2.75) is 13.5 Å². The van der Waals surface area contributed by atoms with Gasteiger partial charge in [-0.1, -0.05) is 23.7 Å². The largest absolute Gasteiger partial charge is 0.438 e. The molecule has 0 aliphatic rings. The first-order valence-corrected chi connectivity index (χ1v) is 10.5. The number of benzene rings is 2. The lowest BCUT2D eigenvalue weighted by Gasteiger charge is -2.20. The molecule has 12 heteroatoms. The molecule has 0 bridgehead atoms. The lowest BCUT2D eigenvalue weighted by atomic mass is 10.2. The Morgan fingerprint density at radius 2 is 1.79 bits per heavy atom. The number of amides is 4. The van der Waals surface area contributed by atoms with Crippen molar-refractivity contribution in [1.29, 1.82) is 5.26 Å². The number of ether oxygens (including phenoxy) is 1. The first-order chi connectivity index (χ1) is 16.5. The second-order valence-corrected chi connectivity index (χ2v) is 7.12. The van der Waals surface area contributed by atoms with Crippen molar-refractivity contribution in [3.05, 3.63) is 77.2 Å². The Labute approximate surface area is 200 Å². The van der Waals surface area contributed by atoms with Gasteiger partial charge in [0.05, 0.1) is 18.1 Å². The molecule has 0 saturated carbocycles. The highest BCUT2D eigenvalue weighted by atomic mass is 35.5. The van der Waals surface area contributed by atoms with Crippen LogP contribution in [0.1, 0.15) is 18.2 Å². The minimum absolute atomic E-state index is 0.171. The van der Waals surface area contributed by atoms with Crippen LogP contribution in [-0.2, 0) is 6.54 Å². The van der Waals surface area contributed by atoms with Gasteiger partial charge in [0.2, 0.25) is 5.88 Å². The number of carbonyl (C=O) groups is 2. The van der Waals surface area contributed by atoms with Crippen molar-refractivity contribution in [3.8, 4) is 17.7 Å². The summed E-state index contributed by atoms with van der Waals surface area (Å²) in [6.07, 6.45) is 2.67. The molecule has 0 fully saturated rings. The van der Waals surface area contributed by atoms with Crippen molar-refractivity contribution in [2.75, 3.05) is 12.0 Å².